The van der Waals surface area contributed by atoms with Crippen LogP contribution in [0.2, 0.25) is 0 Å². The molecule has 0 aromatic heterocycles. The molecule has 1 amide bonds. The lowest BCUT2D eigenvalue weighted by atomic mass is 10.2. The van der Waals surface area contributed by atoms with Gasteiger partial charge in [-0.25, -0.2) is 0 Å². The van der Waals surface area contributed by atoms with Gasteiger partial charge in [-0.2, -0.15) is 8.42 Å². The molecule has 2 rings (SSSR count). The lowest BCUT2D eigenvalue weighted by Crippen LogP contribution is -2.32. The number of nitrogens with one attached hydrogen (secondary N) is 1. The van der Waals surface area contributed by atoms with Crippen molar-refractivity contribution >= 4 is 21.7 Å². The summed E-state index contributed by atoms with van der Waals surface area (Å²) < 4.78 is 29.3. The Morgan fingerprint density at radius 2 is 1.61 bits per heavy atom. The van der Waals surface area contributed by atoms with Gasteiger partial charge >= 0.3 is 0 Å². The smallest absolute Gasteiger partial charge is 0.272 e. The maximum atomic E-state index is 12.2. The molecule has 5 nitrogen and oxygen atoms in total. The van der Waals surface area contributed by atoms with Gasteiger partial charge in [-0.15, -0.1) is 0 Å². The Kier molecular flexibility index (Phi) is 5.90. The van der Waals surface area contributed by atoms with Crippen molar-refractivity contribution in [1.29, 1.82) is 0 Å². The highest BCUT2D eigenvalue weighted by Gasteiger charge is 2.25. The summed E-state index contributed by atoms with van der Waals surface area (Å²) in [4.78, 5) is 12.2. The molecule has 2 aromatic carbocycles. The van der Waals surface area contributed by atoms with E-state index in [1.165, 1.54) is 0 Å². The number of hydrogen-bond donors (Lipinski definition) is 1. The number of anilines is 1. The topological polar surface area (TPSA) is 72.5 Å². The van der Waals surface area contributed by atoms with Gasteiger partial charge in [-0.3, -0.25) is 8.98 Å². The van der Waals surface area contributed by atoms with Crippen LogP contribution in [0.4, 0.5) is 5.69 Å². The highest BCUT2D eigenvalue weighted by molar-refractivity contribution is 7.85. The van der Waals surface area contributed by atoms with E-state index in [1.807, 2.05) is 6.07 Å². The number of carbonyl (C=O) groups is 1. The number of amides is 1. The largest absolute Gasteiger partial charge is 0.324 e. The number of para-hydroxylation sites is 1. The summed E-state index contributed by atoms with van der Waals surface area (Å²) in [6.45, 7) is 1.70. The van der Waals surface area contributed by atoms with Crippen LogP contribution in [-0.2, 0) is 24.8 Å². The quantitative estimate of drug-likeness (QED) is 0.791. The third kappa shape index (κ3) is 5.50. The van der Waals surface area contributed by atoms with Gasteiger partial charge in [-0.1, -0.05) is 55.5 Å². The average molecular weight is 333 g/mol. The summed E-state index contributed by atoms with van der Waals surface area (Å²) in [6, 6.07) is 17.6. The lowest BCUT2D eigenvalue weighted by molar-refractivity contribution is -0.122. The van der Waals surface area contributed by atoms with Crippen molar-refractivity contribution in [2.45, 2.75) is 25.2 Å². The van der Waals surface area contributed by atoms with Crippen molar-refractivity contribution in [1.82, 2.24) is 0 Å². The molecule has 0 saturated heterocycles. The summed E-state index contributed by atoms with van der Waals surface area (Å²) in [5.74, 6) is -0.737. The molecule has 0 saturated carbocycles. The van der Waals surface area contributed by atoms with Crippen LogP contribution in [0.1, 0.15) is 18.9 Å². The maximum Gasteiger partial charge on any atom is 0.272 e. The van der Waals surface area contributed by atoms with E-state index in [2.05, 4.69) is 5.32 Å². The van der Waals surface area contributed by atoms with E-state index in [-0.39, 0.29) is 12.2 Å². The van der Waals surface area contributed by atoms with Crippen LogP contribution in [0, 0.1) is 0 Å². The third-order valence-electron chi connectivity index (χ3n) is 3.15. The zero-order valence-corrected chi connectivity index (χ0v) is 13.6. The fourth-order valence-corrected chi connectivity index (χ4v) is 3.28. The summed E-state index contributed by atoms with van der Waals surface area (Å²) in [5.41, 5.74) is 1.21. The SMILES string of the molecule is CC[C@H](OS(=O)(=O)Cc1ccccc1)C(=O)Nc1ccccc1. The Hall–Kier alpha value is -2.18. The van der Waals surface area contributed by atoms with Gasteiger partial charge in [0.1, 0.15) is 5.75 Å². The van der Waals surface area contributed by atoms with Crippen LogP contribution in [0.3, 0.4) is 0 Å². The lowest BCUT2D eigenvalue weighted by Gasteiger charge is -2.16. The molecule has 1 atom stereocenters. The van der Waals surface area contributed by atoms with Crippen LogP contribution < -0.4 is 5.32 Å². The normalized spacial score (nSPS) is 12.6. The van der Waals surface area contributed by atoms with Crippen LogP contribution in [-0.4, -0.2) is 20.4 Å². The van der Waals surface area contributed by atoms with E-state index in [4.69, 9.17) is 4.18 Å². The predicted molar refractivity (Wildman–Crippen MR) is 89.3 cm³/mol. The Balaban J connectivity index is 2.01. The van der Waals surface area contributed by atoms with Gasteiger partial charge in [0.15, 0.2) is 6.10 Å². The highest BCUT2D eigenvalue weighted by atomic mass is 32.2. The molecule has 2 aromatic rings. The average Bonchev–Trinajstić information content (AvgIpc) is 2.54. The molecule has 0 heterocycles. The first-order valence-corrected chi connectivity index (χ1v) is 8.88. The van der Waals surface area contributed by atoms with Crippen LogP contribution in [0.25, 0.3) is 0 Å². The molecule has 0 aliphatic heterocycles. The van der Waals surface area contributed by atoms with E-state index >= 15 is 0 Å². The van der Waals surface area contributed by atoms with Crippen LogP contribution >= 0.6 is 0 Å². The molecule has 1 N–H and O–H groups in total. The van der Waals surface area contributed by atoms with Crippen molar-refractivity contribution in [3.05, 3.63) is 66.2 Å². The van der Waals surface area contributed by atoms with E-state index in [0.29, 0.717) is 11.3 Å². The third-order valence-corrected chi connectivity index (χ3v) is 4.37. The van der Waals surface area contributed by atoms with Gasteiger partial charge in [-0.05, 0) is 24.1 Å². The zero-order valence-electron chi connectivity index (χ0n) is 12.8. The highest BCUT2D eigenvalue weighted by Crippen LogP contribution is 2.14. The first-order chi connectivity index (χ1) is 11.0. The molecule has 122 valence electrons. The predicted octanol–water partition coefficient (Wildman–Crippen LogP) is 2.95. The minimum absolute atomic E-state index is 0.257. The van der Waals surface area contributed by atoms with E-state index < -0.39 is 22.1 Å². The van der Waals surface area contributed by atoms with Gasteiger partial charge in [0.25, 0.3) is 16.0 Å². The van der Waals surface area contributed by atoms with Gasteiger partial charge < -0.3 is 5.32 Å². The Morgan fingerprint density at radius 3 is 2.17 bits per heavy atom. The number of rotatable bonds is 7. The molecule has 0 spiro atoms. The number of carbonyl (C=O) groups excluding carboxylic acids is 1. The minimum atomic E-state index is -3.84. The summed E-state index contributed by atoms with van der Waals surface area (Å²) in [6.07, 6.45) is -0.795. The molecule has 0 radical (unpaired) electrons. The molecular weight excluding hydrogens is 314 g/mol. The number of hydrogen-bond acceptors (Lipinski definition) is 4. The van der Waals surface area contributed by atoms with Crippen molar-refractivity contribution in [3.8, 4) is 0 Å². The Bertz CT molecular complexity index is 730. The maximum absolute atomic E-state index is 12.2. The van der Waals surface area contributed by atoms with Crippen molar-refractivity contribution in [2.24, 2.45) is 0 Å². The van der Waals surface area contributed by atoms with Crippen LogP contribution in [0.5, 0.6) is 0 Å². The fraction of sp³-hybridized carbons (Fsp3) is 0.235. The van der Waals surface area contributed by atoms with Gasteiger partial charge in [0.2, 0.25) is 0 Å². The van der Waals surface area contributed by atoms with E-state index in [1.54, 1.807) is 61.5 Å². The molecule has 0 aliphatic rings. The van der Waals surface area contributed by atoms with Gasteiger partial charge in [0.05, 0.1) is 0 Å². The molecule has 0 bridgehead atoms. The zero-order chi connectivity index (χ0) is 16.7. The second-order valence-corrected chi connectivity index (χ2v) is 6.63. The first kappa shape index (κ1) is 17.2. The van der Waals surface area contributed by atoms with Crippen molar-refractivity contribution in [3.63, 3.8) is 0 Å². The minimum Gasteiger partial charge on any atom is -0.324 e. The van der Waals surface area contributed by atoms with Gasteiger partial charge in [0, 0.05) is 5.69 Å². The first-order valence-electron chi connectivity index (χ1n) is 7.31. The molecule has 23 heavy (non-hydrogen) atoms. The second-order valence-electron chi connectivity index (χ2n) is 5.04. The monoisotopic (exact) mass is 333 g/mol. The standard InChI is InChI=1S/C17H19NO4S/c1-2-16(17(19)18-15-11-7-4-8-12-15)22-23(20,21)13-14-9-5-3-6-10-14/h3-12,16H,2,13H2,1H3,(H,18,19)/t16-/m0/s1. The molecular formula is C17H19NO4S. The summed E-state index contributed by atoms with van der Waals surface area (Å²) in [7, 11) is -3.84. The summed E-state index contributed by atoms with van der Waals surface area (Å²) in [5, 5.41) is 2.65. The molecule has 0 unspecified atom stereocenters. The Morgan fingerprint density at radius 1 is 1.04 bits per heavy atom. The molecule has 6 heteroatoms. The Labute approximate surface area is 136 Å². The fourth-order valence-electron chi connectivity index (χ4n) is 2.03. The van der Waals surface area contributed by atoms with Crippen LogP contribution in [0.15, 0.2) is 60.7 Å². The molecule has 0 aliphatic carbocycles. The second kappa shape index (κ2) is 7.89. The van der Waals surface area contributed by atoms with Crippen molar-refractivity contribution < 1.29 is 17.4 Å². The van der Waals surface area contributed by atoms with E-state index in [0.717, 1.165) is 0 Å². The van der Waals surface area contributed by atoms with E-state index in [9.17, 15) is 13.2 Å². The molecule has 0 fully saturated rings. The number of benzene rings is 2. The summed E-state index contributed by atoms with van der Waals surface area (Å²) >= 11 is 0. The van der Waals surface area contributed by atoms with Crippen molar-refractivity contribution in [2.75, 3.05) is 5.32 Å².